The molecule has 3 nitrogen and oxygen atoms in total. The Balaban J connectivity index is 1.88. The number of rotatable bonds is 6. The number of aryl methyl sites for hydroxylation is 1. The average Bonchev–Trinajstić information content (AvgIpc) is 3.22. The normalized spacial score (nSPS) is 16.2. The van der Waals surface area contributed by atoms with E-state index in [0.717, 1.165) is 6.54 Å². The van der Waals surface area contributed by atoms with Gasteiger partial charge in [0.05, 0.1) is 6.54 Å². The number of nitrogens with one attached hydrogen (secondary N) is 1. The Hall–Kier alpha value is -1.35. The van der Waals surface area contributed by atoms with Gasteiger partial charge in [-0.15, -0.1) is 0 Å². The summed E-state index contributed by atoms with van der Waals surface area (Å²) in [5.74, 6) is 0.227. The summed E-state index contributed by atoms with van der Waals surface area (Å²) < 4.78 is 0. The van der Waals surface area contributed by atoms with Crippen LogP contribution in [0.4, 0.5) is 0 Å². The van der Waals surface area contributed by atoms with Crippen molar-refractivity contribution in [1.29, 1.82) is 0 Å². The first-order valence-electron chi connectivity index (χ1n) is 7.21. The maximum atomic E-state index is 12.1. The molecule has 2 rings (SSSR count). The van der Waals surface area contributed by atoms with E-state index in [2.05, 4.69) is 38.2 Å². The first kappa shape index (κ1) is 14.1. The van der Waals surface area contributed by atoms with Crippen LogP contribution in [-0.4, -0.2) is 29.9 Å². The number of likely N-dealkylation sites (N-methyl/N-ethyl adjacent to an activating group) is 1. The Labute approximate surface area is 116 Å². The molecule has 1 aromatic rings. The van der Waals surface area contributed by atoms with Crippen LogP contribution in [0.3, 0.4) is 0 Å². The average molecular weight is 260 g/mol. The summed E-state index contributed by atoms with van der Waals surface area (Å²) in [6, 6.07) is 9.04. The Morgan fingerprint density at radius 1 is 1.42 bits per heavy atom. The van der Waals surface area contributed by atoms with Gasteiger partial charge in [0.25, 0.3) is 0 Å². The standard InChI is InChI=1S/C16H24N2O/c1-4-18(14-9-10-14)16(19)11-17-13(3)15-8-6-5-7-12(15)2/h5-8,13-14,17H,4,9-11H2,1-3H3. The van der Waals surface area contributed by atoms with Gasteiger partial charge in [-0.1, -0.05) is 24.3 Å². The van der Waals surface area contributed by atoms with E-state index in [9.17, 15) is 4.79 Å². The zero-order valence-electron chi connectivity index (χ0n) is 12.1. The van der Waals surface area contributed by atoms with E-state index in [1.807, 2.05) is 17.0 Å². The highest BCUT2D eigenvalue weighted by Crippen LogP contribution is 2.26. The van der Waals surface area contributed by atoms with Gasteiger partial charge in [0.1, 0.15) is 0 Å². The molecule has 19 heavy (non-hydrogen) atoms. The molecule has 0 saturated heterocycles. The molecule has 3 heteroatoms. The van der Waals surface area contributed by atoms with Crippen molar-refractivity contribution in [2.45, 2.75) is 45.7 Å². The minimum absolute atomic E-state index is 0.211. The highest BCUT2D eigenvalue weighted by molar-refractivity contribution is 5.79. The second-order valence-corrected chi connectivity index (χ2v) is 5.37. The van der Waals surface area contributed by atoms with Crippen molar-refractivity contribution in [3.05, 3.63) is 35.4 Å². The number of carbonyl (C=O) groups is 1. The number of amides is 1. The molecule has 0 heterocycles. The van der Waals surface area contributed by atoms with E-state index in [-0.39, 0.29) is 11.9 Å². The predicted molar refractivity (Wildman–Crippen MR) is 78.0 cm³/mol. The summed E-state index contributed by atoms with van der Waals surface area (Å²) in [5, 5.41) is 3.35. The van der Waals surface area contributed by atoms with Crippen LogP contribution in [0.25, 0.3) is 0 Å². The van der Waals surface area contributed by atoms with Crippen molar-refractivity contribution in [3.63, 3.8) is 0 Å². The third-order valence-corrected chi connectivity index (χ3v) is 3.86. The zero-order valence-corrected chi connectivity index (χ0v) is 12.1. The highest BCUT2D eigenvalue weighted by Gasteiger charge is 2.31. The summed E-state index contributed by atoms with van der Waals surface area (Å²) >= 11 is 0. The molecule has 1 fully saturated rings. The highest BCUT2D eigenvalue weighted by atomic mass is 16.2. The molecule has 0 aromatic heterocycles. The van der Waals surface area contributed by atoms with E-state index in [1.54, 1.807) is 0 Å². The first-order chi connectivity index (χ1) is 9.13. The van der Waals surface area contributed by atoms with Crippen molar-refractivity contribution in [2.75, 3.05) is 13.1 Å². The van der Waals surface area contributed by atoms with Gasteiger partial charge < -0.3 is 10.2 Å². The Bertz CT molecular complexity index is 440. The Morgan fingerprint density at radius 2 is 2.11 bits per heavy atom. The van der Waals surface area contributed by atoms with Crippen molar-refractivity contribution in [1.82, 2.24) is 10.2 Å². The number of nitrogens with zero attached hydrogens (tertiary/aromatic N) is 1. The second kappa shape index (κ2) is 6.20. The monoisotopic (exact) mass is 260 g/mol. The molecular weight excluding hydrogens is 236 g/mol. The van der Waals surface area contributed by atoms with Gasteiger partial charge in [-0.2, -0.15) is 0 Å². The number of hydrogen-bond acceptors (Lipinski definition) is 2. The molecule has 0 radical (unpaired) electrons. The molecule has 0 bridgehead atoms. The summed E-state index contributed by atoms with van der Waals surface area (Å²) in [6.07, 6.45) is 2.35. The molecule has 1 N–H and O–H groups in total. The summed E-state index contributed by atoms with van der Waals surface area (Å²) in [5.41, 5.74) is 2.54. The van der Waals surface area contributed by atoms with E-state index in [1.165, 1.54) is 24.0 Å². The maximum Gasteiger partial charge on any atom is 0.236 e. The maximum absolute atomic E-state index is 12.1. The van der Waals surface area contributed by atoms with E-state index in [0.29, 0.717) is 12.6 Å². The largest absolute Gasteiger partial charge is 0.339 e. The van der Waals surface area contributed by atoms with Crippen LogP contribution in [0.2, 0.25) is 0 Å². The van der Waals surface area contributed by atoms with Crippen molar-refractivity contribution >= 4 is 5.91 Å². The molecule has 1 saturated carbocycles. The molecule has 1 aliphatic carbocycles. The summed E-state index contributed by atoms with van der Waals surface area (Å²) in [6.45, 7) is 7.53. The second-order valence-electron chi connectivity index (χ2n) is 5.37. The van der Waals surface area contributed by atoms with Crippen LogP contribution in [0.1, 0.15) is 43.9 Å². The number of carbonyl (C=O) groups excluding carboxylic acids is 1. The summed E-state index contributed by atoms with van der Waals surface area (Å²) in [7, 11) is 0. The minimum atomic E-state index is 0.211. The van der Waals surface area contributed by atoms with Gasteiger partial charge in [0.15, 0.2) is 0 Å². The third kappa shape index (κ3) is 3.57. The van der Waals surface area contributed by atoms with Crippen LogP contribution in [-0.2, 0) is 4.79 Å². The molecular formula is C16H24N2O. The van der Waals surface area contributed by atoms with E-state index < -0.39 is 0 Å². The minimum Gasteiger partial charge on any atom is -0.339 e. The van der Waals surface area contributed by atoms with E-state index >= 15 is 0 Å². The fourth-order valence-corrected chi connectivity index (χ4v) is 2.55. The molecule has 0 spiro atoms. The van der Waals surface area contributed by atoms with Crippen LogP contribution in [0, 0.1) is 6.92 Å². The Kier molecular flexibility index (Phi) is 4.59. The van der Waals surface area contributed by atoms with Crippen molar-refractivity contribution in [2.24, 2.45) is 0 Å². The van der Waals surface area contributed by atoms with Crippen LogP contribution < -0.4 is 5.32 Å². The molecule has 1 aromatic carbocycles. The lowest BCUT2D eigenvalue weighted by atomic mass is 10.0. The SMILES string of the molecule is CCN(C(=O)CNC(C)c1ccccc1C)C1CC1. The first-order valence-corrected chi connectivity index (χ1v) is 7.21. The zero-order chi connectivity index (χ0) is 13.8. The van der Waals surface area contributed by atoms with Gasteiger partial charge in [0, 0.05) is 18.6 Å². The van der Waals surface area contributed by atoms with Crippen LogP contribution >= 0.6 is 0 Å². The van der Waals surface area contributed by atoms with Gasteiger partial charge in [-0.25, -0.2) is 0 Å². The molecule has 1 unspecified atom stereocenters. The van der Waals surface area contributed by atoms with Gasteiger partial charge in [-0.05, 0) is 44.7 Å². The predicted octanol–water partition coefficient (Wildman–Crippen LogP) is 2.66. The molecule has 104 valence electrons. The topological polar surface area (TPSA) is 32.3 Å². The fourth-order valence-electron chi connectivity index (χ4n) is 2.55. The molecule has 0 aliphatic heterocycles. The smallest absolute Gasteiger partial charge is 0.236 e. The Morgan fingerprint density at radius 3 is 2.68 bits per heavy atom. The van der Waals surface area contributed by atoms with Crippen molar-refractivity contribution in [3.8, 4) is 0 Å². The van der Waals surface area contributed by atoms with Gasteiger partial charge in [-0.3, -0.25) is 4.79 Å². The van der Waals surface area contributed by atoms with Gasteiger partial charge >= 0.3 is 0 Å². The van der Waals surface area contributed by atoms with Crippen LogP contribution in [0.15, 0.2) is 24.3 Å². The van der Waals surface area contributed by atoms with Gasteiger partial charge in [0.2, 0.25) is 5.91 Å². The quantitative estimate of drug-likeness (QED) is 0.853. The molecule has 1 amide bonds. The van der Waals surface area contributed by atoms with Crippen LogP contribution in [0.5, 0.6) is 0 Å². The number of hydrogen-bond donors (Lipinski definition) is 1. The molecule has 1 aliphatic rings. The third-order valence-electron chi connectivity index (χ3n) is 3.86. The lowest BCUT2D eigenvalue weighted by Gasteiger charge is -2.22. The lowest BCUT2D eigenvalue weighted by Crippen LogP contribution is -2.40. The number of benzene rings is 1. The summed E-state index contributed by atoms with van der Waals surface area (Å²) in [4.78, 5) is 14.1. The van der Waals surface area contributed by atoms with E-state index in [4.69, 9.17) is 0 Å². The molecule has 1 atom stereocenters. The fraction of sp³-hybridized carbons (Fsp3) is 0.562. The van der Waals surface area contributed by atoms with Crippen molar-refractivity contribution < 1.29 is 4.79 Å². The lowest BCUT2D eigenvalue weighted by molar-refractivity contribution is -0.130.